The molecule has 0 radical (unpaired) electrons. The highest BCUT2D eigenvalue weighted by molar-refractivity contribution is 7.60. The van der Waals surface area contributed by atoms with E-state index < -0.39 is 7.60 Å². The Morgan fingerprint density at radius 2 is 1.42 bits per heavy atom. The van der Waals surface area contributed by atoms with E-state index in [0.717, 1.165) is 23.2 Å². The smallest absolute Gasteiger partial charge is 0.332 e. The minimum atomic E-state index is -4.26. The van der Waals surface area contributed by atoms with Crippen LogP contribution in [0.1, 0.15) is 19.4 Å². The number of benzene rings is 1. The molecule has 0 aliphatic rings. The molecule has 3 rings (SSSR count). The van der Waals surface area contributed by atoms with E-state index in [0.29, 0.717) is 19.6 Å². The molecule has 0 aliphatic carbocycles. The molecule has 0 saturated heterocycles. The molecule has 3 aromatic rings. The lowest BCUT2D eigenvalue weighted by Gasteiger charge is -2.20. The fraction of sp³-hybridized carbons (Fsp3) is 0.261. The van der Waals surface area contributed by atoms with Crippen molar-refractivity contribution in [1.82, 2.24) is 4.90 Å². The molecule has 0 spiro atoms. The van der Waals surface area contributed by atoms with Gasteiger partial charge in [0.2, 0.25) is 5.91 Å². The first-order valence-corrected chi connectivity index (χ1v) is 11.8. The normalized spacial score (nSPS) is 11.4. The van der Waals surface area contributed by atoms with Crippen molar-refractivity contribution in [2.24, 2.45) is 0 Å². The average Bonchev–Trinajstić information content (AvgIpc) is 2.76. The molecule has 0 atom stereocenters. The molecule has 0 aliphatic heterocycles. The maximum absolute atomic E-state index is 12.1. The molecule has 0 saturated carbocycles. The van der Waals surface area contributed by atoms with Gasteiger partial charge in [-0.05, 0) is 35.7 Å². The predicted molar refractivity (Wildman–Crippen MR) is 117 cm³/mol. The molecule has 1 aromatic carbocycles. The minimum absolute atomic E-state index is 0.0239. The van der Waals surface area contributed by atoms with Crippen LogP contribution in [0.5, 0.6) is 0 Å². The number of rotatable bonds is 8. The highest BCUT2D eigenvalue weighted by atomic mass is 31.2. The summed E-state index contributed by atoms with van der Waals surface area (Å²) in [6.45, 7) is 6.13. The van der Waals surface area contributed by atoms with Crippen LogP contribution < -0.4 is 14.4 Å². The van der Waals surface area contributed by atoms with Crippen LogP contribution >= 0.6 is 7.60 Å². The maximum Gasteiger partial charge on any atom is 0.356 e. The van der Waals surface area contributed by atoms with Crippen molar-refractivity contribution in [2.45, 2.75) is 33.5 Å². The zero-order valence-electron chi connectivity index (χ0n) is 17.8. The molecule has 2 N–H and O–H groups in total. The lowest BCUT2D eigenvalue weighted by atomic mass is 10.1. The van der Waals surface area contributed by atoms with E-state index >= 15 is 0 Å². The summed E-state index contributed by atoms with van der Waals surface area (Å²) < 4.78 is 15.5. The Hall–Kier alpha value is -2.86. The van der Waals surface area contributed by atoms with Gasteiger partial charge in [0.1, 0.15) is 6.54 Å². The highest BCUT2D eigenvalue weighted by Gasteiger charge is 2.17. The van der Waals surface area contributed by atoms with Crippen LogP contribution in [-0.4, -0.2) is 27.1 Å². The van der Waals surface area contributed by atoms with Crippen LogP contribution in [-0.2, 0) is 29.0 Å². The van der Waals surface area contributed by atoms with E-state index in [1.165, 1.54) is 19.1 Å². The summed E-state index contributed by atoms with van der Waals surface area (Å²) >= 11 is 0. The van der Waals surface area contributed by atoms with E-state index in [4.69, 9.17) is 0 Å². The van der Waals surface area contributed by atoms with Gasteiger partial charge in [-0.1, -0.05) is 12.1 Å². The Kier molecular flexibility index (Phi) is 7.33. The molecular formula is C23H28N3O4P+2. The summed E-state index contributed by atoms with van der Waals surface area (Å²) in [5.41, 5.74) is 3.11. The fourth-order valence-corrected chi connectivity index (χ4v) is 3.80. The molecule has 8 heteroatoms. The molecule has 2 heterocycles. The molecule has 7 nitrogen and oxygen atoms in total. The first-order chi connectivity index (χ1) is 14.8. The zero-order valence-corrected chi connectivity index (χ0v) is 18.7. The Morgan fingerprint density at radius 3 is 1.87 bits per heavy atom. The molecule has 0 unspecified atom stereocenters. The van der Waals surface area contributed by atoms with Crippen LogP contribution in [0.4, 0.5) is 0 Å². The highest BCUT2D eigenvalue weighted by Crippen LogP contribution is 2.32. The van der Waals surface area contributed by atoms with Gasteiger partial charge in [0.25, 0.3) is 0 Å². The maximum atomic E-state index is 12.1. The van der Waals surface area contributed by atoms with Gasteiger partial charge in [-0.3, -0.25) is 9.36 Å². The van der Waals surface area contributed by atoms with E-state index in [1.54, 1.807) is 17.0 Å². The van der Waals surface area contributed by atoms with Crippen molar-refractivity contribution < 1.29 is 28.3 Å². The number of hydrogen-bond acceptors (Lipinski definition) is 2. The Morgan fingerprint density at radius 1 is 0.903 bits per heavy atom. The van der Waals surface area contributed by atoms with Gasteiger partial charge in [-0.2, -0.15) is 0 Å². The summed E-state index contributed by atoms with van der Waals surface area (Å²) in [6, 6.07) is 14.4. The first-order valence-electron chi connectivity index (χ1n) is 10.2. The van der Waals surface area contributed by atoms with Crippen molar-refractivity contribution in [3.05, 3.63) is 78.9 Å². The number of hydrogen-bond donors (Lipinski definition) is 2. The summed E-state index contributed by atoms with van der Waals surface area (Å²) in [5.74, 6) is -0.0511. The van der Waals surface area contributed by atoms with E-state index in [-0.39, 0.29) is 11.2 Å². The van der Waals surface area contributed by atoms with Crippen LogP contribution in [0, 0.1) is 0 Å². The monoisotopic (exact) mass is 441 g/mol. The first kappa shape index (κ1) is 22.8. The predicted octanol–water partition coefficient (Wildman–Crippen LogP) is 1.80. The summed E-state index contributed by atoms with van der Waals surface area (Å²) in [7, 11) is -4.26. The Labute approximate surface area is 182 Å². The third-order valence-corrected chi connectivity index (χ3v) is 6.17. The third-order valence-electron chi connectivity index (χ3n) is 5.20. The van der Waals surface area contributed by atoms with E-state index in [1.807, 2.05) is 17.0 Å². The van der Waals surface area contributed by atoms with Crippen molar-refractivity contribution >= 4 is 18.8 Å². The number of pyridine rings is 2. The van der Waals surface area contributed by atoms with Crippen LogP contribution in [0.2, 0.25) is 0 Å². The number of carbonyl (C=O) groups excluding carboxylic acids is 1. The van der Waals surface area contributed by atoms with Crippen molar-refractivity contribution in [2.75, 3.05) is 6.54 Å². The number of amides is 1. The van der Waals surface area contributed by atoms with Crippen molar-refractivity contribution in [1.29, 1.82) is 0 Å². The van der Waals surface area contributed by atoms with Gasteiger partial charge in [-0.15, -0.1) is 0 Å². The van der Waals surface area contributed by atoms with Gasteiger partial charge in [-0.25, -0.2) is 9.13 Å². The minimum Gasteiger partial charge on any atom is -0.332 e. The standard InChI is InChI=1S/C23H26N3O4P/c1-3-24-12-8-21(9-13-24)22-10-14-25(15-11-22)16-17-26(19(2)27)18-20-4-6-23(7-5-20)31(28,29)30/h4-15H,3,16-18H2,1-2H3/p+2. The van der Waals surface area contributed by atoms with Crippen molar-refractivity contribution in [3.8, 4) is 11.1 Å². The average molecular weight is 441 g/mol. The molecule has 1 amide bonds. The number of nitrogens with zero attached hydrogens (tertiary/aromatic N) is 3. The SMILES string of the molecule is CC[n+]1ccc(-c2cc[n+](CCN(Cc3ccc(P(=O)(O)O)cc3)C(C)=O)cc2)cc1. The fourth-order valence-electron chi connectivity index (χ4n) is 3.26. The second-order valence-electron chi connectivity index (χ2n) is 7.39. The quantitative estimate of drug-likeness (QED) is 0.412. The molecule has 31 heavy (non-hydrogen) atoms. The number of carbonyl (C=O) groups is 1. The molecular weight excluding hydrogens is 413 g/mol. The lowest BCUT2D eigenvalue weighted by molar-refractivity contribution is -0.696. The summed E-state index contributed by atoms with van der Waals surface area (Å²) in [6.07, 6.45) is 8.13. The van der Waals surface area contributed by atoms with Gasteiger partial charge in [0.15, 0.2) is 31.3 Å². The molecule has 2 aromatic heterocycles. The summed E-state index contributed by atoms with van der Waals surface area (Å²) in [5, 5.41) is -0.0239. The topological polar surface area (TPSA) is 85.6 Å². The number of aryl methyl sites for hydroxylation is 1. The van der Waals surface area contributed by atoms with Gasteiger partial charge < -0.3 is 14.7 Å². The van der Waals surface area contributed by atoms with Gasteiger partial charge >= 0.3 is 7.60 Å². The molecule has 0 bridgehead atoms. The third kappa shape index (κ3) is 6.31. The second kappa shape index (κ2) is 9.96. The van der Waals surface area contributed by atoms with Crippen molar-refractivity contribution in [3.63, 3.8) is 0 Å². The zero-order chi connectivity index (χ0) is 22.4. The van der Waals surface area contributed by atoms with E-state index in [2.05, 4.69) is 48.1 Å². The number of aromatic nitrogens is 2. The Bertz CT molecular complexity index is 1060. The van der Waals surface area contributed by atoms with Crippen LogP contribution in [0.15, 0.2) is 73.3 Å². The van der Waals surface area contributed by atoms with Crippen LogP contribution in [0.3, 0.4) is 0 Å². The summed E-state index contributed by atoms with van der Waals surface area (Å²) in [4.78, 5) is 32.2. The molecule has 0 fully saturated rings. The Balaban J connectivity index is 1.62. The van der Waals surface area contributed by atoms with Gasteiger partial charge in [0, 0.05) is 37.7 Å². The van der Waals surface area contributed by atoms with Crippen LogP contribution in [0.25, 0.3) is 11.1 Å². The largest absolute Gasteiger partial charge is 0.356 e. The lowest BCUT2D eigenvalue weighted by Crippen LogP contribution is -2.41. The van der Waals surface area contributed by atoms with Gasteiger partial charge in [0.05, 0.1) is 11.8 Å². The van der Waals surface area contributed by atoms with E-state index in [9.17, 15) is 19.1 Å². The second-order valence-corrected chi connectivity index (χ2v) is 9.00. The molecule has 162 valence electrons.